The summed E-state index contributed by atoms with van der Waals surface area (Å²) in [5, 5.41) is 8.96. The predicted octanol–water partition coefficient (Wildman–Crippen LogP) is 1.96. The average molecular weight is 235 g/mol. The number of hydrogen-bond acceptors (Lipinski definition) is 3. The van der Waals surface area contributed by atoms with Crippen LogP contribution in [0.4, 0.5) is 10.5 Å². The van der Waals surface area contributed by atoms with E-state index >= 15 is 0 Å². The molecule has 1 saturated heterocycles. The average Bonchev–Trinajstić information content (AvgIpc) is 2.72. The third kappa shape index (κ3) is 2.58. The number of cyclic esters (lactones) is 1. The molecule has 1 aromatic rings. The van der Waals surface area contributed by atoms with Crippen molar-refractivity contribution in [1.29, 1.82) is 0 Å². The van der Waals surface area contributed by atoms with Crippen LogP contribution in [0.1, 0.15) is 18.9 Å². The Balaban J connectivity index is 2.09. The van der Waals surface area contributed by atoms with Crippen LogP contribution in [0.2, 0.25) is 0 Å². The Kier molecular flexibility index (Phi) is 3.64. The highest BCUT2D eigenvalue weighted by atomic mass is 16.6. The smallest absolute Gasteiger partial charge is 0.414 e. The summed E-state index contributed by atoms with van der Waals surface area (Å²) in [5.41, 5.74) is 2.09. The number of nitrogens with zero attached hydrogens (tertiary/aromatic N) is 1. The van der Waals surface area contributed by atoms with Crippen molar-refractivity contribution in [3.63, 3.8) is 0 Å². The van der Waals surface area contributed by atoms with E-state index in [-0.39, 0.29) is 12.7 Å². The van der Waals surface area contributed by atoms with Gasteiger partial charge in [-0.2, -0.15) is 0 Å². The van der Waals surface area contributed by atoms with Crippen molar-refractivity contribution < 1.29 is 14.6 Å². The largest absolute Gasteiger partial charge is 0.441 e. The molecule has 1 aromatic carbocycles. The summed E-state index contributed by atoms with van der Waals surface area (Å²) in [6.07, 6.45) is 1.37. The van der Waals surface area contributed by atoms with Gasteiger partial charge >= 0.3 is 6.09 Å². The van der Waals surface area contributed by atoms with Crippen molar-refractivity contribution >= 4 is 11.8 Å². The minimum atomic E-state index is -0.405. The Morgan fingerprint density at radius 3 is 2.65 bits per heavy atom. The SMILES string of the molecule is CCCc1ccc(N2CC(CO)OC2=O)cc1. The molecular formula is C13H17NO3. The van der Waals surface area contributed by atoms with Gasteiger partial charge in [-0.25, -0.2) is 4.79 Å². The minimum Gasteiger partial charge on any atom is -0.441 e. The fourth-order valence-corrected chi connectivity index (χ4v) is 1.96. The van der Waals surface area contributed by atoms with Crippen LogP contribution in [-0.2, 0) is 11.2 Å². The number of carbonyl (C=O) groups excluding carboxylic acids is 1. The van der Waals surface area contributed by atoms with E-state index in [4.69, 9.17) is 9.84 Å². The molecule has 1 aliphatic heterocycles. The molecule has 1 N–H and O–H groups in total. The second kappa shape index (κ2) is 5.19. The molecule has 1 fully saturated rings. The highest BCUT2D eigenvalue weighted by Gasteiger charge is 2.31. The fraction of sp³-hybridized carbons (Fsp3) is 0.462. The molecule has 0 aliphatic carbocycles. The number of aryl methyl sites for hydroxylation is 1. The molecule has 0 spiro atoms. The third-order valence-electron chi connectivity index (χ3n) is 2.86. The van der Waals surface area contributed by atoms with Crippen molar-refractivity contribution in [3.8, 4) is 0 Å². The first kappa shape index (κ1) is 11.9. The Morgan fingerprint density at radius 1 is 1.41 bits per heavy atom. The standard InChI is InChI=1S/C13H17NO3/c1-2-3-10-4-6-11(7-5-10)14-8-12(9-15)17-13(14)16/h4-7,12,15H,2-3,8-9H2,1H3. The normalized spacial score (nSPS) is 19.5. The highest BCUT2D eigenvalue weighted by Crippen LogP contribution is 2.22. The van der Waals surface area contributed by atoms with E-state index in [0.717, 1.165) is 18.5 Å². The number of anilines is 1. The fourth-order valence-electron chi connectivity index (χ4n) is 1.96. The quantitative estimate of drug-likeness (QED) is 0.867. The van der Waals surface area contributed by atoms with Crippen LogP contribution < -0.4 is 4.90 Å². The summed E-state index contributed by atoms with van der Waals surface area (Å²) in [5.74, 6) is 0. The molecule has 92 valence electrons. The van der Waals surface area contributed by atoms with Gasteiger partial charge in [0.25, 0.3) is 0 Å². The van der Waals surface area contributed by atoms with Crippen molar-refractivity contribution in [2.45, 2.75) is 25.9 Å². The van der Waals surface area contributed by atoms with E-state index in [1.807, 2.05) is 24.3 Å². The van der Waals surface area contributed by atoms with E-state index in [0.29, 0.717) is 6.54 Å². The number of ether oxygens (including phenoxy) is 1. The lowest BCUT2D eigenvalue weighted by Crippen LogP contribution is -2.25. The molecular weight excluding hydrogens is 218 g/mol. The number of hydrogen-bond donors (Lipinski definition) is 1. The zero-order chi connectivity index (χ0) is 12.3. The van der Waals surface area contributed by atoms with E-state index in [9.17, 15) is 4.79 Å². The van der Waals surface area contributed by atoms with Crippen molar-refractivity contribution in [2.75, 3.05) is 18.1 Å². The Labute approximate surface area is 101 Å². The van der Waals surface area contributed by atoms with Gasteiger partial charge in [-0.3, -0.25) is 4.90 Å². The van der Waals surface area contributed by atoms with Crippen LogP contribution in [0.5, 0.6) is 0 Å². The van der Waals surface area contributed by atoms with Crippen LogP contribution >= 0.6 is 0 Å². The molecule has 0 radical (unpaired) electrons. The lowest BCUT2D eigenvalue weighted by molar-refractivity contribution is 0.0963. The Bertz CT molecular complexity index is 388. The second-order valence-electron chi connectivity index (χ2n) is 4.22. The summed E-state index contributed by atoms with van der Waals surface area (Å²) in [6, 6.07) is 7.90. The lowest BCUT2D eigenvalue weighted by atomic mass is 10.1. The first-order valence-electron chi connectivity index (χ1n) is 5.92. The molecule has 0 aromatic heterocycles. The van der Waals surface area contributed by atoms with Gasteiger partial charge in [0, 0.05) is 5.69 Å². The summed E-state index contributed by atoms with van der Waals surface area (Å²) in [7, 11) is 0. The molecule has 1 unspecified atom stereocenters. The number of aliphatic hydroxyl groups is 1. The molecule has 0 bridgehead atoms. The number of benzene rings is 1. The maximum absolute atomic E-state index is 11.5. The molecule has 1 heterocycles. The van der Waals surface area contributed by atoms with Gasteiger partial charge in [-0.05, 0) is 24.1 Å². The first-order valence-corrected chi connectivity index (χ1v) is 5.92. The molecule has 17 heavy (non-hydrogen) atoms. The van der Waals surface area contributed by atoms with Gasteiger partial charge in [-0.15, -0.1) is 0 Å². The first-order chi connectivity index (χ1) is 8.24. The molecule has 1 amide bonds. The van der Waals surface area contributed by atoms with Crippen LogP contribution in [0.15, 0.2) is 24.3 Å². The third-order valence-corrected chi connectivity index (χ3v) is 2.86. The Morgan fingerprint density at radius 2 is 2.12 bits per heavy atom. The number of amides is 1. The zero-order valence-electron chi connectivity index (χ0n) is 9.93. The topological polar surface area (TPSA) is 49.8 Å². The van der Waals surface area contributed by atoms with Gasteiger partial charge < -0.3 is 9.84 Å². The molecule has 4 heteroatoms. The monoisotopic (exact) mass is 235 g/mol. The van der Waals surface area contributed by atoms with Crippen molar-refractivity contribution in [1.82, 2.24) is 0 Å². The van der Waals surface area contributed by atoms with E-state index < -0.39 is 6.10 Å². The van der Waals surface area contributed by atoms with Gasteiger partial charge in [-0.1, -0.05) is 25.5 Å². The molecule has 1 atom stereocenters. The van der Waals surface area contributed by atoms with Gasteiger partial charge in [0.2, 0.25) is 0 Å². The van der Waals surface area contributed by atoms with Crippen LogP contribution in [0, 0.1) is 0 Å². The maximum atomic E-state index is 11.5. The zero-order valence-corrected chi connectivity index (χ0v) is 9.93. The molecule has 2 rings (SSSR count). The van der Waals surface area contributed by atoms with Crippen LogP contribution in [0.3, 0.4) is 0 Å². The number of carbonyl (C=O) groups is 1. The van der Waals surface area contributed by atoms with Gasteiger partial charge in [0.05, 0.1) is 13.2 Å². The summed E-state index contributed by atoms with van der Waals surface area (Å²) in [4.78, 5) is 13.1. The van der Waals surface area contributed by atoms with E-state index in [1.165, 1.54) is 5.56 Å². The molecule has 0 saturated carbocycles. The number of aliphatic hydroxyl groups excluding tert-OH is 1. The molecule has 1 aliphatic rings. The number of rotatable bonds is 4. The predicted molar refractivity (Wildman–Crippen MR) is 65.1 cm³/mol. The summed E-state index contributed by atoms with van der Waals surface area (Å²) >= 11 is 0. The minimum absolute atomic E-state index is 0.129. The van der Waals surface area contributed by atoms with Gasteiger partial charge in [0.1, 0.15) is 6.10 Å². The summed E-state index contributed by atoms with van der Waals surface area (Å²) < 4.78 is 4.99. The van der Waals surface area contributed by atoms with E-state index in [1.54, 1.807) is 4.90 Å². The van der Waals surface area contributed by atoms with Crippen molar-refractivity contribution in [3.05, 3.63) is 29.8 Å². The lowest BCUT2D eigenvalue weighted by Gasteiger charge is -2.13. The van der Waals surface area contributed by atoms with Crippen molar-refractivity contribution in [2.24, 2.45) is 0 Å². The van der Waals surface area contributed by atoms with Crippen LogP contribution in [-0.4, -0.2) is 30.5 Å². The highest BCUT2D eigenvalue weighted by molar-refractivity contribution is 5.89. The second-order valence-corrected chi connectivity index (χ2v) is 4.22. The Hall–Kier alpha value is -1.55. The van der Waals surface area contributed by atoms with E-state index in [2.05, 4.69) is 6.92 Å². The molecule has 4 nitrogen and oxygen atoms in total. The summed E-state index contributed by atoms with van der Waals surface area (Å²) in [6.45, 7) is 2.43. The maximum Gasteiger partial charge on any atom is 0.414 e. The van der Waals surface area contributed by atoms with Crippen LogP contribution in [0.25, 0.3) is 0 Å². The van der Waals surface area contributed by atoms with Gasteiger partial charge in [0.15, 0.2) is 0 Å².